The van der Waals surface area contributed by atoms with Gasteiger partial charge in [-0.2, -0.15) is 18.3 Å². The number of benzene rings is 2. The quantitative estimate of drug-likeness (QED) is 0.246. The van der Waals surface area contributed by atoms with E-state index in [1.54, 1.807) is 11.0 Å². The number of nitrogens with one attached hydrogen (secondary N) is 1. The summed E-state index contributed by atoms with van der Waals surface area (Å²) in [7, 11) is 0. The fourth-order valence-corrected chi connectivity index (χ4v) is 4.54. The Hall–Kier alpha value is -4.59. The lowest BCUT2D eigenvalue weighted by Gasteiger charge is -2.32. The molecule has 14 heteroatoms. The molecule has 5 rings (SSSR count). The van der Waals surface area contributed by atoms with Crippen LogP contribution in [0.1, 0.15) is 34.5 Å². The summed E-state index contributed by atoms with van der Waals surface area (Å²) in [5.41, 5.74) is 4.33. The number of rotatable bonds is 7. The molecule has 2 aromatic carbocycles. The summed E-state index contributed by atoms with van der Waals surface area (Å²) in [5.74, 6) is -4.83. The van der Waals surface area contributed by atoms with Crippen molar-refractivity contribution < 1.29 is 35.9 Å². The minimum atomic E-state index is -4.92. The number of piperidine rings is 1. The molecule has 0 radical (unpaired) electrons. The van der Waals surface area contributed by atoms with Gasteiger partial charge in [0.05, 0.1) is 23.0 Å². The number of alkyl halides is 5. The third-order valence-corrected chi connectivity index (χ3v) is 6.71. The molecule has 0 unspecified atom stereocenters. The van der Waals surface area contributed by atoms with E-state index in [0.717, 1.165) is 12.3 Å². The van der Waals surface area contributed by atoms with E-state index < -0.39 is 35.1 Å². The topological polar surface area (TPSA) is 98.3 Å². The number of carbonyl (C=O) groups is 1. The van der Waals surface area contributed by atoms with E-state index in [4.69, 9.17) is 10.5 Å². The minimum Gasteiger partial charge on any atom is -0.454 e. The second-order valence-corrected chi connectivity index (χ2v) is 9.66. The van der Waals surface area contributed by atoms with E-state index in [0.29, 0.717) is 10.2 Å². The van der Waals surface area contributed by atoms with Crippen LogP contribution in [0.5, 0.6) is 11.5 Å². The number of carbonyl (C=O) groups excluding carboxylic acids is 1. The fourth-order valence-electron chi connectivity index (χ4n) is 4.54. The lowest BCUT2D eigenvalue weighted by atomic mass is 10.1. The number of para-hydroxylation sites is 1. The maximum absolute atomic E-state index is 15.0. The van der Waals surface area contributed by atoms with Crippen molar-refractivity contribution in [3.05, 3.63) is 89.6 Å². The Balaban J connectivity index is 1.33. The van der Waals surface area contributed by atoms with Crippen LogP contribution in [-0.4, -0.2) is 44.6 Å². The molecule has 220 valence electrons. The highest BCUT2D eigenvalue weighted by atomic mass is 19.4. The number of nitrogens with two attached hydrogens (primary N) is 1. The Labute approximate surface area is 235 Å². The van der Waals surface area contributed by atoms with Gasteiger partial charge >= 0.3 is 6.18 Å². The lowest BCUT2D eigenvalue weighted by Crippen LogP contribution is -2.39. The maximum Gasteiger partial charge on any atom is 0.434 e. The first-order valence-corrected chi connectivity index (χ1v) is 12.7. The van der Waals surface area contributed by atoms with Crippen LogP contribution >= 0.6 is 0 Å². The molecule has 4 aromatic rings. The van der Waals surface area contributed by atoms with Crippen LogP contribution in [-0.2, 0) is 12.7 Å². The highest BCUT2D eigenvalue weighted by Crippen LogP contribution is 2.36. The molecule has 2 aromatic heterocycles. The maximum atomic E-state index is 15.0. The molecule has 0 saturated carbocycles. The molecule has 1 amide bonds. The van der Waals surface area contributed by atoms with E-state index in [9.17, 15) is 26.7 Å². The van der Waals surface area contributed by atoms with Crippen LogP contribution in [0.25, 0.3) is 5.69 Å². The molecule has 0 atom stereocenters. The van der Waals surface area contributed by atoms with Crippen molar-refractivity contribution in [2.45, 2.75) is 31.5 Å². The second-order valence-electron chi connectivity index (χ2n) is 9.66. The molecule has 8 nitrogen and oxygen atoms in total. The minimum absolute atomic E-state index is 0.0886. The normalized spacial score (nSPS) is 15.4. The average molecular weight is 591 g/mol. The number of anilines is 2. The second kappa shape index (κ2) is 11.4. The predicted molar refractivity (Wildman–Crippen MR) is 141 cm³/mol. The standard InChI is InChI=1S/C28H24F6N6O2/c29-21-14-17(38-26(41)19-15-37-40(24(19)28(32,33)34)18-4-2-1-3-5-18)6-7-23(21)42-22-8-11-36-25(35)20(22)16-39-12-9-27(30,31)10-13-39/h1-8,11,14-15H,9-10,12-13,16H2,(H2,35,36)(H,38,41). The van der Waals surface area contributed by atoms with Crippen LogP contribution in [0, 0.1) is 5.82 Å². The number of halogens is 6. The third kappa shape index (κ3) is 6.33. The lowest BCUT2D eigenvalue weighted by molar-refractivity contribution is -0.143. The van der Waals surface area contributed by atoms with Crippen LogP contribution in [0.15, 0.2) is 67.0 Å². The molecule has 1 fully saturated rings. The van der Waals surface area contributed by atoms with Crippen molar-refractivity contribution in [1.82, 2.24) is 19.7 Å². The van der Waals surface area contributed by atoms with Crippen molar-refractivity contribution >= 4 is 17.4 Å². The fraction of sp³-hybridized carbons (Fsp3) is 0.250. The van der Waals surface area contributed by atoms with E-state index >= 15 is 4.39 Å². The highest BCUT2D eigenvalue weighted by molar-refractivity contribution is 6.05. The Morgan fingerprint density at radius 2 is 1.76 bits per heavy atom. The van der Waals surface area contributed by atoms with Gasteiger partial charge in [0.1, 0.15) is 11.6 Å². The molecule has 0 spiro atoms. The Morgan fingerprint density at radius 3 is 2.43 bits per heavy atom. The molecule has 3 heterocycles. The number of pyridine rings is 1. The van der Waals surface area contributed by atoms with Gasteiger partial charge in [0.25, 0.3) is 11.8 Å². The zero-order valence-electron chi connectivity index (χ0n) is 21.8. The number of aromatic nitrogens is 3. The van der Waals surface area contributed by atoms with Gasteiger partial charge in [-0.15, -0.1) is 0 Å². The summed E-state index contributed by atoms with van der Waals surface area (Å²) in [6.45, 7) is 0.409. The predicted octanol–water partition coefficient (Wildman–Crippen LogP) is 6.28. The molecule has 0 aliphatic carbocycles. The first-order valence-electron chi connectivity index (χ1n) is 12.7. The van der Waals surface area contributed by atoms with Gasteiger partial charge in [-0.3, -0.25) is 9.69 Å². The molecule has 1 aliphatic rings. The van der Waals surface area contributed by atoms with Gasteiger partial charge in [0, 0.05) is 50.4 Å². The zero-order valence-corrected chi connectivity index (χ0v) is 21.8. The summed E-state index contributed by atoms with van der Waals surface area (Å²) in [6, 6.07) is 12.3. The zero-order chi connectivity index (χ0) is 30.1. The molecule has 1 saturated heterocycles. The Kier molecular flexibility index (Phi) is 7.82. The number of hydrogen-bond donors (Lipinski definition) is 2. The molecular weight excluding hydrogens is 566 g/mol. The number of ether oxygens (including phenoxy) is 1. The van der Waals surface area contributed by atoms with Gasteiger partial charge in [-0.1, -0.05) is 18.2 Å². The molecule has 0 bridgehead atoms. The summed E-state index contributed by atoms with van der Waals surface area (Å²) in [4.78, 5) is 18.6. The van der Waals surface area contributed by atoms with Crippen molar-refractivity contribution in [2.75, 3.05) is 24.1 Å². The van der Waals surface area contributed by atoms with Gasteiger partial charge in [0.2, 0.25) is 0 Å². The van der Waals surface area contributed by atoms with Crippen molar-refractivity contribution in [2.24, 2.45) is 0 Å². The van der Waals surface area contributed by atoms with Gasteiger partial charge in [-0.05, 0) is 30.3 Å². The SMILES string of the molecule is Nc1nccc(Oc2ccc(NC(=O)c3cnn(-c4ccccc4)c3C(F)(F)F)cc2F)c1CN1CCC(F)(F)CC1. The molecular formula is C28H24F6N6O2. The van der Waals surface area contributed by atoms with E-state index in [-0.39, 0.29) is 61.2 Å². The van der Waals surface area contributed by atoms with E-state index in [2.05, 4.69) is 15.4 Å². The van der Waals surface area contributed by atoms with Gasteiger partial charge < -0.3 is 15.8 Å². The van der Waals surface area contributed by atoms with Crippen LogP contribution in [0.3, 0.4) is 0 Å². The average Bonchev–Trinajstić information content (AvgIpc) is 3.40. The molecule has 42 heavy (non-hydrogen) atoms. The number of likely N-dealkylation sites (tertiary alicyclic amines) is 1. The highest BCUT2D eigenvalue weighted by Gasteiger charge is 2.40. The number of nitrogens with zero attached hydrogens (tertiary/aromatic N) is 4. The van der Waals surface area contributed by atoms with Gasteiger partial charge in [-0.25, -0.2) is 22.8 Å². The smallest absolute Gasteiger partial charge is 0.434 e. The Morgan fingerprint density at radius 1 is 1.05 bits per heavy atom. The van der Waals surface area contributed by atoms with Crippen molar-refractivity contribution in [1.29, 1.82) is 0 Å². The Bertz CT molecular complexity index is 1580. The first kappa shape index (κ1) is 28.9. The van der Waals surface area contributed by atoms with Crippen LogP contribution in [0.2, 0.25) is 0 Å². The van der Waals surface area contributed by atoms with Crippen molar-refractivity contribution in [3.8, 4) is 17.2 Å². The molecule has 3 N–H and O–H groups in total. The monoisotopic (exact) mass is 590 g/mol. The van der Waals surface area contributed by atoms with Gasteiger partial charge in [0.15, 0.2) is 17.3 Å². The number of nitrogen functional groups attached to an aromatic ring is 1. The third-order valence-electron chi connectivity index (χ3n) is 6.71. The summed E-state index contributed by atoms with van der Waals surface area (Å²) < 4.78 is 90.3. The van der Waals surface area contributed by atoms with Crippen molar-refractivity contribution in [3.63, 3.8) is 0 Å². The first-order chi connectivity index (χ1) is 19.9. The summed E-state index contributed by atoms with van der Waals surface area (Å²) in [5, 5.41) is 6.01. The summed E-state index contributed by atoms with van der Waals surface area (Å²) >= 11 is 0. The molecule has 1 aliphatic heterocycles. The number of hydrogen-bond acceptors (Lipinski definition) is 6. The number of amides is 1. The van der Waals surface area contributed by atoms with E-state index in [1.165, 1.54) is 48.7 Å². The summed E-state index contributed by atoms with van der Waals surface area (Å²) in [6.07, 6.45) is -3.39. The largest absolute Gasteiger partial charge is 0.454 e. The van der Waals surface area contributed by atoms with Crippen LogP contribution < -0.4 is 15.8 Å². The van der Waals surface area contributed by atoms with Crippen LogP contribution in [0.4, 0.5) is 37.8 Å². The van der Waals surface area contributed by atoms with E-state index in [1.807, 2.05) is 0 Å².